The lowest BCUT2D eigenvalue weighted by Crippen LogP contribution is -2.21. The van der Waals surface area contributed by atoms with E-state index in [1.165, 1.54) is 103 Å². The highest BCUT2D eigenvalue weighted by molar-refractivity contribution is 7.16. The lowest BCUT2D eigenvalue weighted by atomic mass is 10.0. The van der Waals surface area contributed by atoms with Crippen molar-refractivity contribution in [3.8, 4) is 56.2 Å². The van der Waals surface area contributed by atoms with Crippen LogP contribution >= 0.6 is 69.1 Å². The number of nitrogens with zero attached hydrogens (tertiary/aromatic N) is 4. The van der Waals surface area contributed by atoms with E-state index in [-0.39, 0.29) is 11.4 Å². The summed E-state index contributed by atoms with van der Waals surface area (Å²) in [6.45, 7) is 8.79. The number of primary amides is 2. The predicted octanol–water partition coefficient (Wildman–Crippen LogP) is 12.7. The molecule has 6 aromatic rings. The Kier molecular flexibility index (Phi) is 17.9. The van der Waals surface area contributed by atoms with Crippen molar-refractivity contribution < 1.29 is 9.59 Å². The maximum absolute atomic E-state index is 11.9. The molecule has 2 aliphatic heterocycles. The number of rotatable bonds is 6. The van der Waals surface area contributed by atoms with E-state index in [1.54, 1.807) is 68.4 Å². The van der Waals surface area contributed by atoms with Gasteiger partial charge in [0.15, 0.2) is 11.4 Å². The molecular formula is C54H58Cl4N8O2S2. The molecule has 3 aliphatic carbocycles. The SMILES string of the molecule is C1CC2CNCC2C1.C1CCNCC1.Cc1c(C(N)=O)nn(-c2ccc(Cl)cc2Cl)c1-c1ccc(C#CC2CC2)s1.Cc1c(C(N)=O)nn(-c2ccc(Cl)cc2Cl)c1-c1ccc(C#CC2CCCC2)s1. The minimum atomic E-state index is -0.581. The first-order valence-electron chi connectivity index (χ1n) is 24.2. The molecular weight excluding hydrogens is 999 g/mol. The van der Waals surface area contributed by atoms with Gasteiger partial charge in [0.1, 0.15) is 0 Å². The molecule has 0 spiro atoms. The van der Waals surface area contributed by atoms with Crippen LogP contribution in [-0.2, 0) is 0 Å². The summed E-state index contributed by atoms with van der Waals surface area (Å²) in [6.07, 6.45) is 16.0. The molecule has 4 aromatic heterocycles. The molecule has 2 saturated heterocycles. The Bertz CT molecular complexity index is 2920. The van der Waals surface area contributed by atoms with E-state index < -0.39 is 11.8 Å². The van der Waals surface area contributed by atoms with Crippen LogP contribution in [0.1, 0.15) is 119 Å². The van der Waals surface area contributed by atoms with Crippen molar-refractivity contribution in [2.45, 2.75) is 90.9 Å². The van der Waals surface area contributed by atoms with E-state index in [4.69, 9.17) is 57.9 Å². The number of carbonyl (C=O) groups is 2. The summed E-state index contributed by atoms with van der Waals surface area (Å²) >= 11 is 28.0. The van der Waals surface area contributed by atoms with Gasteiger partial charge in [-0.2, -0.15) is 10.2 Å². The van der Waals surface area contributed by atoms with Gasteiger partial charge in [-0.25, -0.2) is 9.36 Å². The highest BCUT2D eigenvalue weighted by Gasteiger charge is 2.31. The Morgan fingerprint density at radius 3 is 1.43 bits per heavy atom. The van der Waals surface area contributed by atoms with Gasteiger partial charge in [-0.15, -0.1) is 22.7 Å². The van der Waals surface area contributed by atoms with Crippen LogP contribution in [-0.4, -0.2) is 57.6 Å². The summed E-state index contributed by atoms with van der Waals surface area (Å²) in [4.78, 5) is 27.6. The number of aromatic nitrogens is 4. The molecule has 70 heavy (non-hydrogen) atoms. The van der Waals surface area contributed by atoms with Crippen LogP contribution in [0.5, 0.6) is 0 Å². The van der Waals surface area contributed by atoms with E-state index in [0.29, 0.717) is 54.4 Å². The largest absolute Gasteiger partial charge is 0.364 e. The molecule has 16 heteroatoms. The molecule has 2 amide bonds. The van der Waals surface area contributed by atoms with Crippen LogP contribution in [0.25, 0.3) is 32.5 Å². The monoisotopic (exact) mass is 1050 g/mol. The van der Waals surface area contributed by atoms with Crippen LogP contribution < -0.4 is 22.1 Å². The number of amides is 2. The molecule has 0 radical (unpaired) electrons. The molecule has 6 N–H and O–H groups in total. The van der Waals surface area contributed by atoms with E-state index >= 15 is 0 Å². The van der Waals surface area contributed by atoms with Gasteiger partial charge >= 0.3 is 0 Å². The number of hydrogen-bond acceptors (Lipinski definition) is 8. The predicted molar refractivity (Wildman–Crippen MR) is 289 cm³/mol. The molecule has 10 nitrogen and oxygen atoms in total. The maximum atomic E-state index is 11.9. The number of fused-ring (bicyclic) bond motifs is 1. The third kappa shape index (κ3) is 13.1. The maximum Gasteiger partial charge on any atom is 0.269 e. The van der Waals surface area contributed by atoms with Crippen molar-refractivity contribution in [3.05, 3.63) is 113 Å². The lowest BCUT2D eigenvalue weighted by Gasteiger charge is -2.09. The Morgan fingerprint density at radius 2 is 1.04 bits per heavy atom. The molecule has 5 fully saturated rings. The van der Waals surface area contributed by atoms with Crippen LogP contribution in [0.3, 0.4) is 0 Å². The second-order valence-electron chi connectivity index (χ2n) is 18.4. The average Bonchev–Trinajstić information content (AvgIpc) is 4.10. The van der Waals surface area contributed by atoms with Crippen molar-refractivity contribution in [2.24, 2.45) is 35.1 Å². The van der Waals surface area contributed by atoms with Gasteiger partial charge in [-0.3, -0.25) is 9.59 Å². The van der Waals surface area contributed by atoms with E-state index in [9.17, 15) is 9.59 Å². The van der Waals surface area contributed by atoms with E-state index in [2.05, 4.69) is 44.5 Å². The zero-order valence-electron chi connectivity index (χ0n) is 39.5. The van der Waals surface area contributed by atoms with Crippen LogP contribution in [0, 0.1) is 61.2 Å². The zero-order valence-corrected chi connectivity index (χ0v) is 44.1. The molecule has 6 heterocycles. The Balaban J connectivity index is 0.000000147. The number of nitrogens with one attached hydrogen (secondary N) is 2. The van der Waals surface area contributed by atoms with Gasteiger partial charge in [-0.1, -0.05) is 95.8 Å². The molecule has 2 unspecified atom stereocenters. The topological polar surface area (TPSA) is 146 Å². The highest BCUT2D eigenvalue weighted by atomic mass is 35.5. The summed E-state index contributed by atoms with van der Waals surface area (Å²) < 4.78 is 3.31. The van der Waals surface area contributed by atoms with Crippen molar-refractivity contribution in [1.29, 1.82) is 0 Å². The van der Waals surface area contributed by atoms with E-state index in [1.807, 2.05) is 38.1 Å². The molecule has 2 aromatic carbocycles. The third-order valence-electron chi connectivity index (χ3n) is 13.2. The smallest absolute Gasteiger partial charge is 0.269 e. The Morgan fingerprint density at radius 1 is 0.586 bits per heavy atom. The molecule has 11 rings (SSSR count). The number of hydrogen-bond donors (Lipinski definition) is 4. The molecule has 5 aliphatic rings. The number of halogens is 4. The van der Waals surface area contributed by atoms with Crippen molar-refractivity contribution >= 4 is 80.9 Å². The fourth-order valence-electron chi connectivity index (χ4n) is 9.31. The minimum absolute atomic E-state index is 0.218. The summed E-state index contributed by atoms with van der Waals surface area (Å²) in [6, 6.07) is 18.3. The van der Waals surface area contributed by atoms with Gasteiger partial charge in [0.05, 0.1) is 52.3 Å². The van der Waals surface area contributed by atoms with Gasteiger partial charge in [0, 0.05) is 33.0 Å². The first-order valence-corrected chi connectivity index (χ1v) is 27.3. The highest BCUT2D eigenvalue weighted by Crippen LogP contribution is 2.39. The average molecular weight is 1060 g/mol. The van der Waals surface area contributed by atoms with Crippen LogP contribution in [0.4, 0.5) is 0 Å². The first-order chi connectivity index (χ1) is 33.8. The van der Waals surface area contributed by atoms with Crippen molar-refractivity contribution in [2.75, 3.05) is 26.2 Å². The molecule has 2 atom stereocenters. The second kappa shape index (κ2) is 24.2. The van der Waals surface area contributed by atoms with Gasteiger partial charge in [0.25, 0.3) is 11.8 Å². The quantitative estimate of drug-likeness (QED) is 0.122. The van der Waals surface area contributed by atoms with Gasteiger partial charge in [0.2, 0.25) is 0 Å². The number of piperidine rings is 1. The van der Waals surface area contributed by atoms with E-state index in [0.717, 1.165) is 42.7 Å². The normalized spacial score (nSPS) is 18.1. The number of thiophene rings is 2. The molecule has 0 bridgehead atoms. The van der Waals surface area contributed by atoms with Crippen LogP contribution in [0.15, 0.2) is 60.7 Å². The third-order valence-corrected chi connectivity index (χ3v) is 16.3. The lowest BCUT2D eigenvalue weighted by molar-refractivity contribution is 0.0986. The van der Waals surface area contributed by atoms with Gasteiger partial charge in [-0.05, 0) is 164 Å². The Labute approximate surface area is 439 Å². The summed E-state index contributed by atoms with van der Waals surface area (Å²) in [7, 11) is 0. The first kappa shape index (κ1) is 51.7. The number of benzene rings is 2. The fraction of sp³-hybridized carbons (Fsp3) is 0.407. The van der Waals surface area contributed by atoms with Crippen LogP contribution in [0.2, 0.25) is 20.1 Å². The second-order valence-corrected chi connectivity index (χ2v) is 22.3. The number of carbonyl (C=O) groups excluding carboxylic acids is 2. The van der Waals surface area contributed by atoms with Crippen molar-refractivity contribution in [3.63, 3.8) is 0 Å². The zero-order chi connectivity index (χ0) is 49.3. The Hall–Kier alpha value is -4.60. The summed E-state index contributed by atoms with van der Waals surface area (Å²) in [5.41, 5.74) is 15.7. The van der Waals surface area contributed by atoms with Gasteiger partial charge < -0.3 is 22.1 Å². The molecule has 366 valence electrons. The summed E-state index contributed by atoms with van der Waals surface area (Å²) in [5.74, 6) is 15.2. The number of nitrogens with two attached hydrogens (primary N) is 2. The fourth-order valence-corrected chi connectivity index (χ4v) is 12.2. The van der Waals surface area contributed by atoms with Crippen molar-refractivity contribution in [1.82, 2.24) is 30.2 Å². The molecule has 3 saturated carbocycles. The minimum Gasteiger partial charge on any atom is -0.364 e. The summed E-state index contributed by atoms with van der Waals surface area (Å²) in [5, 5.41) is 17.5. The standard InChI is InChI=1S/C22H19Cl2N3OS.C20H15Cl2N3OS.C7H13N.C5H11N/c1-13-20(22(25)28)26-27(18-10-7-15(23)12-17(18)24)21(13)19-11-9-16(29-19)8-6-14-4-2-3-5-14;1-11-18(20(23)26)24-25(16-8-5-13(21)10-15(16)22)19(11)17-9-7-14(27-17)6-4-12-2-3-12;1-2-6-4-8-5-7(6)3-1;1-2-4-6-5-3-1/h7,9-12,14H,2-5H2,1H3,(H2,25,28);5,7-10,12H,2-3H2,1H3,(H2,23,26);6-8H,1-5H2;6H,1-5H2.